The van der Waals surface area contributed by atoms with E-state index < -0.39 is 5.97 Å². The van der Waals surface area contributed by atoms with E-state index in [9.17, 15) is 4.79 Å². The molecule has 4 nitrogen and oxygen atoms in total. The van der Waals surface area contributed by atoms with Crippen molar-refractivity contribution in [1.82, 2.24) is 9.97 Å². The van der Waals surface area contributed by atoms with Gasteiger partial charge in [-0.1, -0.05) is 50.3 Å². The number of benzene rings is 1. The first-order valence-corrected chi connectivity index (χ1v) is 8.29. The maximum Gasteiger partial charge on any atom is 0.335 e. The Morgan fingerprint density at radius 2 is 1.88 bits per heavy atom. The normalized spacial score (nSPS) is 14.0. The summed E-state index contributed by atoms with van der Waals surface area (Å²) in [6.45, 7) is 4.35. The molecule has 0 saturated carbocycles. The maximum atomic E-state index is 11.0. The van der Waals surface area contributed by atoms with E-state index in [1.807, 2.05) is 6.07 Å². The molecule has 1 aromatic heterocycles. The van der Waals surface area contributed by atoms with E-state index in [2.05, 4.69) is 48.1 Å². The summed E-state index contributed by atoms with van der Waals surface area (Å²) >= 11 is 0. The van der Waals surface area contributed by atoms with Crippen LogP contribution in [0.25, 0.3) is 16.8 Å². The molecule has 1 aromatic carbocycles. The highest BCUT2D eigenvalue weighted by atomic mass is 16.4. The Balaban J connectivity index is 1.92. The molecule has 0 spiro atoms. The summed E-state index contributed by atoms with van der Waals surface area (Å²) in [5, 5.41) is 9.00. The summed E-state index contributed by atoms with van der Waals surface area (Å²) < 4.78 is 0. The zero-order chi connectivity index (χ0) is 17.8. The highest BCUT2D eigenvalue weighted by Crippen LogP contribution is 2.24. The zero-order valence-corrected chi connectivity index (χ0v) is 14.3. The van der Waals surface area contributed by atoms with Crippen LogP contribution in [0.2, 0.25) is 0 Å². The predicted octanol–water partition coefficient (Wildman–Crippen LogP) is 4.77. The Kier molecular flexibility index (Phi) is 4.89. The molecule has 1 N–H and O–H groups in total. The fourth-order valence-corrected chi connectivity index (χ4v) is 2.65. The SMILES string of the molecule is CC(C)C1=CC=C(c2nccc(-c3ccc(C(=O)O)cc3)n2)CC=C1. The summed E-state index contributed by atoms with van der Waals surface area (Å²) in [4.78, 5) is 20.0. The lowest BCUT2D eigenvalue weighted by Crippen LogP contribution is -1.97. The summed E-state index contributed by atoms with van der Waals surface area (Å²) in [7, 11) is 0. The van der Waals surface area contributed by atoms with Gasteiger partial charge in [-0.25, -0.2) is 14.8 Å². The second kappa shape index (κ2) is 7.26. The molecule has 0 aliphatic heterocycles. The van der Waals surface area contributed by atoms with Gasteiger partial charge in [-0.2, -0.15) is 0 Å². The summed E-state index contributed by atoms with van der Waals surface area (Å²) in [5.74, 6) is 0.246. The third-order valence-corrected chi connectivity index (χ3v) is 4.16. The largest absolute Gasteiger partial charge is 0.478 e. The second-order valence-electron chi connectivity index (χ2n) is 6.27. The van der Waals surface area contributed by atoms with E-state index in [4.69, 9.17) is 5.11 Å². The first-order valence-electron chi connectivity index (χ1n) is 8.29. The molecule has 4 heteroatoms. The van der Waals surface area contributed by atoms with Crippen LogP contribution < -0.4 is 0 Å². The number of aromatic carboxylic acids is 1. The van der Waals surface area contributed by atoms with Crippen molar-refractivity contribution in [2.24, 2.45) is 5.92 Å². The number of carboxylic acid groups (broad SMARTS) is 1. The van der Waals surface area contributed by atoms with Crippen LogP contribution >= 0.6 is 0 Å². The van der Waals surface area contributed by atoms with Gasteiger partial charge in [-0.3, -0.25) is 0 Å². The number of allylic oxidation sites excluding steroid dienone is 6. The molecule has 2 aromatic rings. The Hall–Kier alpha value is -3.01. The van der Waals surface area contributed by atoms with Crippen LogP contribution in [0.4, 0.5) is 0 Å². The lowest BCUT2D eigenvalue weighted by atomic mass is 10.0. The first-order chi connectivity index (χ1) is 12.0. The number of carboxylic acids is 1. The molecule has 0 atom stereocenters. The minimum atomic E-state index is -0.932. The van der Waals surface area contributed by atoms with E-state index >= 15 is 0 Å². The number of nitrogens with zero attached hydrogens (tertiary/aromatic N) is 2. The third kappa shape index (κ3) is 3.91. The molecule has 0 radical (unpaired) electrons. The van der Waals surface area contributed by atoms with Gasteiger partial charge in [0.1, 0.15) is 0 Å². The predicted molar refractivity (Wildman–Crippen MR) is 99.1 cm³/mol. The topological polar surface area (TPSA) is 63.1 Å². The van der Waals surface area contributed by atoms with Gasteiger partial charge in [-0.15, -0.1) is 0 Å². The molecule has 0 amide bonds. The lowest BCUT2D eigenvalue weighted by molar-refractivity contribution is 0.0697. The van der Waals surface area contributed by atoms with Gasteiger partial charge in [0.25, 0.3) is 0 Å². The Morgan fingerprint density at radius 3 is 2.56 bits per heavy atom. The van der Waals surface area contributed by atoms with Gasteiger partial charge in [0, 0.05) is 17.3 Å². The molecule has 126 valence electrons. The van der Waals surface area contributed by atoms with E-state index in [0.29, 0.717) is 11.7 Å². The summed E-state index contributed by atoms with van der Waals surface area (Å²) in [5.41, 5.74) is 4.27. The third-order valence-electron chi connectivity index (χ3n) is 4.16. The van der Waals surface area contributed by atoms with E-state index in [0.717, 1.165) is 23.3 Å². The molecule has 1 heterocycles. The van der Waals surface area contributed by atoms with Crippen molar-refractivity contribution in [3.63, 3.8) is 0 Å². The fourth-order valence-electron chi connectivity index (χ4n) is 2.65. The molecule has 0 bridgehead atoms. The van der Waals surface area contributed by atoms with E-state index in [1.54, 1.807) is 30.5 Å². The minimum absolute atomic E-state index is 0.265. The Morgan fingerprint density at radius 1 is 1.12 bits per heavy atom. The molecule has 25 heavy (non-hydrogen) atoms. The van der Waals surface area contributed by atoms with Crippen LogP contribution in [-0.2, 0) is 0 Å². The van der Waals surface area contributed by atoms with Crippen LogP contribution in [-0.4, -0.2) is 21.0 Å². The lowest BCUT2D eigenvalue weighted by Gasteiger charge is -2.06. The number of hydrogen-bond acceptors (Lipinski definition) is 3. The van der Waals surface area contributed by atoms with Crippen LogP contribution in [0.1, 0.15) is 36.5 Å². The van der Waals surface area contributed by atoms with E-state index in [-0.39, 0.29) is 5.56 Å². The molecular weight excluding hydrogens is 312 g/mol. The second-order valence-corrected chi connectivity index (χ2v) is 6.27. The van der Waals surface area contributed by atoms with Gasteiger partial charge in [0.05, 0.1) is 11.3 Å². The molecule has 0 saturated heterocycles. The van der Waals surface area contributed by atoms with Crippen molar-refractivity contribution in [2.45, 2.75) is 20.3 Å². The smallest absolute Gasteiger partial charge is 0.335 e. The van der Waals surface area contributed by atoms with Crippen molar-refractivity contribution in [3.05, 3.63) is 77.8 Å². The average Bonchev–Trinajstić information content (AvgIpc) is 2.88. The monoisotopic (exact) mass is 332 g/mol. The van der Waals surface area contributed by atoms with E-state index in [1.165, 1.54) is 5.57 Å². The van der Waals surface area contributed by atoms with Crippen LogP contribution in [0.5, 0.6) is 0 Å². The zero-order valence-electron chi connectivity index (χ0n) is 14.3. The van der Waals surface area contributed by atoms with Crippen molar-refractivity contribution in [1.29, 1.82) is 0 Å². The standard InChI is InChI=1S/C21H20N2O2/c1-14(2)15-4-3-5-17(9-6-15)20-22-13-12-19(23-20)16-7-10-18(11-8-16)21(24)25/h3-4,6-14H,5H2,1-2H3,(H,24,25). The number of rotatable bonds is 4. The van der Waals surface area contributed by atoms with Crippen molar-refractivity contribution >= 4 is 11.5 Å². The number of carbonyl (C=O) groups is 1. The van der Waals surface area contributed by atoms with Gasteiger partial charge >= 0.3 is 5.97 Å². The molecule has 1 aliphatic rings. The molecular formula is C21H20N2O2. The molecule has 1 aliphatic carbocycles. The number of aromatic nitrogens is 2. The van der Waals surface area contributed by atoms with Crippen molar-refractivity contribution in [3.8, 4) is 11.3 Å². The highest BCUT2D eigenvalue weighted by molar-refractivity contribution is 5.88. The summed E-state index contributed by atoms with van der Waals surface area (Å²) in [6, 6.07) is 8.55. The van der Waals surface area contributed by atoms with Crippen molar-refractivity contribution in [2.75, 3.05) is 0 Å². The Bertz CT molecular complexity index is 875. The average molecular weight is 332 g/mol. The quantitative estimate of drug-likeness (QED) is 0.876. The molecule has 0 unspecified atom stereocenters. The van der Waals surface area contributed by atoms with Gasteiger partial charge in [0.15, 0.2) is 5.82 Å². The van der Waals surface area contributed by atoms with Gasteiger partial charge in [0.2, 0.25) is 0 Å². The fraction of sp³-hybridized carbons (Fsp3) is 0.190. The number of hydrogen-bond donors (Lipinski definition) is 1. The maximum absolute atomic E-state index is 11.0. The van der Waals surface area contributed by atoms with Crippen molar-refractivity contribution < 1.29 is 9.90 Å². The van der Waals surface area contributed by atoms with Crippen LogP contribution in [0, 0.1) is 5.92 Å². The van der Waals surface area contributed by atoms with Crippen LogP contribution in [0.15, 0.2) is 66.4 Å². The first kappa shape index (κ1) is 16.8. The highest BCUT2D eigenvalue weighted by Gasteiger charge is 2.10. The summed E-state index contributed by atoms with van der Waals surface area (Å²) in [6.07, 6.45) is 11.0. The molecule has 3 rings (SSSR count). The van der Waals surface area contributed by atoms with Gasteiger partial charge in [-0.05, 0) is 36.1 Å². The Labute approximate surface area is 147 Å². The minimum Gasteiger partial charge on any atom is -0.478 e. The van der Waals surface area contributed by atoms with Gasteiger partial charge < -0.3 is 5.11 Å². The molecule has 0 fully saturated rings. The van der Waals surface area contributed by atoms with Crippen LogP contribution in [0.3, 0.4) is 0 Å².